The van der Waals surface area contributed by atoms with E-state index in [2.05, 4.69) is 4.98 Å². The summed E-state index contributed by atoms with van der Waals surface area (Å²) in [5.41, 5.74) is 9.67. The predicted molar refractivity (Wildman–Crippen MR) is 83.9 cm³/mol. The predicted octanol–water partition coefficient (Wildman–Crippen LogP) is 0.761. The number of aromatic nitrogens is 1. The number of nitrogens with zero attached hydrogens (tertiary/aromatic N) is 1. The van der Waals surface area contributed by atoms with Gasteiger partial charge < -0.3 is 15.2 Å². The molecule has 6 radical (unpaired) electrons. The molecule has 0 spiro atoms. The van der Waals surface area contributed by atoms with Crippen LogP contribution in [0.5, 0.6) is 11.6 Å². The Morgan fingerprint density at radius 1 is 1.24 bits per heavy atom. The molecule has 2 N–H and O–H groups in total. The van der Waals surface area contributed by atoms with Gasteiger partial charge in [0.25, 0.3) is 0 Å². The third-order valence-corrected chi connectivity index (χ3v) is 3.25. The lowest BCUT2D eigenvalue weighted by Gasteiger charge is -2.22. The Bertz CT molecular complexity index is 686. The molecule has 0 saturated heterocycles. The molecule has 0 atom stereocenters. The molecular formula is C14H11B3N2O2. The first kappa shape index (κ1) is 13.9. The zero-order valence-corrected chi connectivity index (χ0v) is 11.4. The highest BCUT2D eigenvalue weighted by atomic mass is 16.5. The van der Waals surface area contributed by atoms with E-state index in [1.807, 2.05) is 18.2 Å². The fraction of sp³-hybridized carbons (Fsp3) is 0.214. The monoisotopic (exact) mass is 272 g/mol. The van der Waals surface area contributed by atoms with Crippen molar-refractivity contribution < 1.29 is 9.47 Å². The van der Waals surface area contributed by atoms with Crippen LogP contribution in [0.15, 0.2) is 30.5 Å². The van der Waals surface area contributed by atoms with Crippen LogP contribution in [0.4, 0.5) is 5.69 Å². The number of rotatable bonds is 3. The van der Waals surface area contributed by atoms with Crippen LogP contribution in [0.1, 0.15) is 5.56 Å². The van der Waals surface area contributed by atoms with Crippen LogP contribution in [0.2, 0.25) is 0 Å². The highest BCUT2D eigenvalue weighted by molar-refractivity contribution is 6.58. The average molecular weight is 272 g/mol. The maximum Gasteiger partial charge on any atom is 0.212 e. The van der Waals surface area contributed by atoms with Crippen LogP contribution in [-0.2, 0) is 6.42 Å². The molecule has 0 amide bonds. The third kappa shape index (κ3) is 2.87. The molecule has 2 aromatic rings. The van der Waals surface area contributed by atoms with E-state index in [1.54, 1.807) is 12.3 Å². The van der Waals surface area contributed by atoms with E-state index in [0.717, 1.165) is 28.9 Å². The Morgan fingerprint density at radius 2 is 2.05 bits per heavy atom. The van der Waals surface area contributed by atoms with E-state index < -0.39 is 5.30 Å². The summed E-state index contributed by atoms with van der Waals surface area (Å²) in [6.07, 6.45) is 2.39. The highest BCUT2D eigenvalue weighted by Gasteiger charge is 2.19. The van der Waals surface area contributed by atoms with Gasteiger partial charge in [-0.05, 0) is 29.1 Å². The third-order valence-electron chi connectivity index (χ3n) is 3.25. The SMILES string of the molecule is [B]C([B])([B])Oc1cc(-c2ccc3c(c2N)CCO3)ccn1. The summed E-state index contributed by atoms with van der Waals surface area (Å²) in [4.78, 5) is 4.02. The molecule has 0 bridgehead atoms. The first-order valence-corrected chi connectivity index (χ1v) is 6.50. The molecule has 7 heteroatoms. The number of pyridine rings is 1. The standard InChI is InChI=1S/C14H11B3N2O2/c15-14(16,17)21-12-7-8(3-5-19-12)9-1-2-11-10(13(9)18)4-6-20-11/h1-3,5,7H,4,6,18H2. The van der Waals surface area contributed by atoms with Gasteiger partial charge in [-0.2, -0.15) is 0 Å². The maximum atomic E-state index is 6.23. The van der Waals surface area contributed by atoms with Crippen molar-refractivity contribution in [1.82, 2.24) is 4.98 Å². The number of ether oxygens (including phenoxy) is 2. The Kier molecular flexibility index (Phi) is 3.36. The zero-order chi connectivity index (χ0) is 15.0. The Balaban J connectivity index is 2.00. The number of nitrogen functional groups attached to an aromatic ring is 1. The van der Waals surface area contributed by atoms with Crippen LogP contribution in [0, 0.1) is 0 Å². The van der Waals surface area contributed by atoms with Crippen molar-refractivity contribution in [2.24, 2.45) is 0 Å². The van der Waals surface area contributed by atoms with Crippen molar-refractivity contribution in [3.63, 3.8) is 0 Å². The van der Waals surface area contributed by atoms with Crippen molar-refractivity contribution in [3.05, 3.63) is 36.0 Å². The van der Waals surface area contributed by atoms with Crippen molar-refractivity contribution in [1.29, 1.82) is 0 Å². The molecule has 21 heavy (non-hydrogen) atoms. The molecule has 0 saturated carbocycles. The van der Waals surface area contributed by atoms with Gasteiger partial charge in [-0.1, -0.05) is 0 Å². The second kappa shape index (κ2) is 5.06. The van der Waals surface area contributed by atoms with Gasteiger partial charge in [0.05, 0.1) is 6.61 Å². The summed E-state index contributed by atoms with van der Waals surface area (Å²) >= 11 is 0. The molecule has 0 aliphatic carbocycles. The summed E-state index contributed by atoms with van der Waals surface area (Å²) in [5, 5.41) is -1.77. The summed E-state index contributed by atoms with van der Waals surface area (Å²) in [7, 11) is 16.2. The molecule has 1 aromatic heterocycles. The first-order chi connectivity index (χ1) is 9.94. The van der Waals surface area contributed by atoms with E-state index in [9.17, 15) is 0 Å². The lowest BCUT2D eigenvalue weighted by atomic mass is 9.52. The number of fused-ring (bicyclic) bond motifs is 1. The van der Waals surface area contributed by atoms with Gasteiger partial charge in [-0.15, -0.1) is 0 Å². The highest BCUT2D eigenvalue weighted by Crippen LogP contribution is 2.38. The van der Waals surface area contributed by atoms with Gasteiger partial charge >= 0.3 is 0 Å². The smallest absolute Gasteiger partial charge is 0.212 e. The van der Waals surface area contributed by atoms with Gasteiger partial charge in [0.2, 0.25) is 5.88 Å². The van der Waals surface area contributed by atoms with Crippen molar-refractivity contribution in [2.75, 3.05) is 12.3 Å². The zero-order valence-electron chi connectivity index (χ0n) is 11.4. The number of hydrogen-bond donors (Lipinski definition) is 1. The molecule has 98 valence electrons. The molecule has 1 aliphatic rings. The lowest BCUT2D eigenvalue weighted by Crippen LogP contribution is -2.37. The summed E-state index contributed by atoms with van der Waals surface area (Å²) in [5.74, 6) is 1.07. The number of anilines is 1. The van der Waals surface area contributed by atoms with Crippen LogP contribution >= 0.6 is 0 Å². The number of benzene rings is 1. The van der Waals surface area contributed by atoms with Crippen LogP contribution in [-0.4, -0.2) is 40.4 Å². The molecule has 4 nitrogen and oxygen atoms in total. The van der Waals surface area contributed by atoms with Crippen LogP contribution in [0.25, 0.3) is 11.1 Å². The Morgan fingerprint density at radius 3 is 2.81 bits per heavy atom. The van der Waals surface area contributed by atoms with Crippen LogP contribution in [0.3, 0.4) is 0 Å². The van der Waals surface area contributed by atoms with E-state index in [-0.39, 0.29) is 5.88 Å². The van der Waals surface area contributed by atoms with Gasteiger partial charge in [0, 0.05) is 35.5 Å². The van der Waals surface area contributed by atoms with E-state index in [0.29, 0.717) is 12.3 Å². The Labute approximate surface area is 127 Å². The fourth-order valence-corrected chi connectivity index (χ4v) is 2.37. The van der Waals surface area contributed by atoms with Gasteiger partial charge in [-0.25, -0.2) is 4.98 Å². The Hall–Kier alpha value is -2.04. The van der Waals surface area contributed by atoms with Gasteiger partial charge in [0.1, 0.15) is 29.3 Å². The molecule has 1 aromatic carbocycles. The van der Waals surface area contributed by atoms with Crippen molar-refractivity contribution in [3.8, 4) is 22.8 Å². The molecule has 0 fully saturated rings. The fourth-order valence-electron chi connectivity index (χ4n) is 2.37. The quantitative estimate of drug-likeness (QED) is 0.662. The lowest BCUT2D eigenvalue weighted by molar-refractivity contribution is 0.306. The van der Waals surface area contributed by atoms with Crippen molar-refractivity contribution in [2.45, 2.75) is 11.7 Å². The van der Waals surface area contributed by atoms with E-state index in [4.69, 9.17) is 38.7 Å². The minimum atomic E-state index is -1.77. The van der Waals surface area contributed by atoms with Gasteiger partial charge in [0.15, 0.2) is 0 Å². The van der Waals surface area contributed by atoms with Crippen molar-refractivity contribution >= 4 is 29.2 Å². The molecule has 3 rings (SSSR count). The van der Waals surface area contributed by atoms with Gasteiger partial charge in [-0.3, -0.25) is 0 Å². The normalized spacial score (nSPS) is 13.5. The summed E-state index contributed by atoms with van der Waals surface area (Å²) < 4.78 is 10.6. The molecule has 0 unspecified atom stereocenters. The van der Waals surface area contributed by atoms with E-state index in [1.165, 1.54) is 0 Å². The minimum absolute atomic E-state index is 0.233. The average Bonchev–Trinajstić information content (AvgIpc) is 2.86. The second-order valence-corrected chi connectivity index (χ2v) is 4.94. The molecule has 2 heterocycles. The number of hydrogen-bond acceptors (Lipinski definition) is 4. The van der Waals surface area contributed by atoms with Crippen LogP contribution < -0.4 is 15.2 Å². The molecular weight excluding hydrogens is 261 g/mol. The molecule has 1 aliphatic heterocycles. The second-order valence-electron chi connectivity index (χ2n) is 4.94. The summed E-state index contributed by atoms with van der Waals surface area (Å²) in [6, 6.07) is 7.33. The van der Waals surface area contributed by atoms with E-state index >= 15 is 0 Å². The maximum absolute atomic E-state index is 6.23. The number of nitrogens with two attached hydrogens (primary N) is 1. The minimum Gasteiger partial charge on any atom is -0.501 e. The topological polar surface area (TPSA) is 57.4 Å². The largest absolute Gasteiger partial charge is 0.501 e. The summed E-state index contributed by atoms with van der Waals surface area (Å²) in [6.45, 7) is 0.656. The first-order valence-electron chi connectivity index (χ1n) is 6.50.